The molecule has 1 N–H and O–H groups in total. The van der Waals surface area contributed by atoms with Crippen molar-refractivity contribution in [2.45, 2.75) is 32.6 Å². The zero-order valence-corrected chi connectivity index (χ0v) is 8.96. The maximum absolute atomic E-state index is 4.29. The number of nitrogens with zero attached hydrogens (tertiary/aromatic N) is 1. The lowest BCUT2D eigenvalue weighted by Gasteiger charge is -2.23. The molecule has 2 aromatic heterocycles. The summed E-state index contributed by atoms with van der Waals surface area (Å²) in [4.78, 5) is 7.44. The van der Waals surface area contributed by atoms with Gasteiger partial charge < -0.3 is 4.98 Å². The molecule has 0 saturated heterocycles. The number of aromatic amines is 1. The summed E-state index contributed by atoms with van der Waals surface area (Å²) in [5.74, 6) is 0. The summed E-state index contributed by atoms with van der Waals surface area (Å²) >= 11 is 0. The van der Waals surface area contributed by atoms with E-state index < -0.39 is 0 Å². The van der Waals surface area contributed by atoms with Gasteiger partial charge in [0.15, 0.2) is 0 Å². The van der Waals surface area contributed by atoms with Crippen LogP contribution in [0.5, 0.6) is 0 Å². The van der Waals surface area contributed by atoms with Gasteiger partial charge >= 0.3 is 0 Å². The van der Waals surface area contributed by atoms with Crippen molar-refractivity contribution in [2.75, 3.05) is 0 Å². The molecule has 0 aromatic carbocycles. The monoisotopic (exact) mass is 188 g/mol. The van der Waals surface area contributed by atoms with Crippen LogP contribution in [0, 0.1) is 0 Å². The summed E-state index contributed by atoms with van der Waals surface area (Å²) in [5, 5.41) is 1.25. The topological polar surface area (TPSA) is 28.7 Å². The summed E-state index contributed by atoms with van der Waals surface area (Å²) in [7, 11) is 0. The van der Waals surface area contributed by atoms with Crippen molar-refractivity contribution in [2.24, 2.45) is 0 Å². The fourth-order valence-corrected chi connectivity index (χ4v) is 1.74. The highest BCUT2D eigenvalue weighted by atomic mass is 14.8. The van der Waals surface area contributed by atoms with E-state index in [0.717, 1.165) is 12.1 Å². The molecule has 0 atom stereocenters. The number of nitrogens with one attached hydrogen (secondary N) is 1. The standard InChI is InChI=1S/C12H16N2/c1-4-12(2,3)10-6-8-14-11-9(10)5-7-13-11/h5-8H,4H2,1-3H3,(H,13,14). The molecule has 0 amide bonds. The van der Waals surface area contributed by atoms with Gasteiger partial charge in [0.25, 0.3) is 0 Å². The highest BCUT2D eigenvalue weighted by Gasteiger charge is 2.20. The number of hydrogen-bond acceptors (Lipinski definition) is 1. The molecule has 0 unspecified atom stereocenters. The van der Waals surface area contributed by atoms with Gasteiger partial charge in [-0.05, 0) is 29.5 Å². The molecule has 2 heteroatoms. The highest BCUT2D eigenvalue weighted by molar-refractivity contribution is 5.80. The molecule has 2 nitrogen and oxygen atoms in total. The van der Waals surface area contributed by atoms with Crippen LogP contribution >= 0.6 is 0 Å². The minimum Gasteiger partial charge on any atom is -0.346 e. The van der Waals surface area contributed by atoms with Gasteiger partial charge in [-0.2, -0.15) is 0 Å². The molecular weight excluding hydrogens is 172 g/mol. The molecule has 74 valence electrons. The van der Waals surface area contributed by atoms with Gasteiger partial charge in [-0.25, -0.2) is 4.98 Å². The highest BCUT2D eigenvalue weighted by Crippen LogP contribution is 2.31. The van der Waals surface area contributed by atoms with E-state index in [9.17, 15) is 0 Å². The molecule has 14 heavy (non-hydrogen) atoms. The summed E-state index contributed by atoms with van der Waals surface area (Å²) in [6, 6.07) is 4.23. The first kappa shape index (κ1) is 9.25. The van der Waals surface area contributed by atoms with Crippen LogP contribution in [-0.4, -0.2) is 9.97 Å². The fourth-order valence-electron chi connectivity index (χ4n) is 1.74. The molecule has 0 aliphatic rings. The predicted octanol–water partition coefficient (Wildman–Crippen LogP) is 3.25. The van der Waals surface area contributed by atoms with E-state index in [2.05, 4.69) is 42.9 Å². The van der Waals surface area contributed by atoms with Crippen molar-refractivity contribution >= 4 is 11.0 Å². The first-order chi connectivity index (χ1) is 6.65. The largest absolute Gasteiger partial charge is 0.346 e. The zero-order chi connectivity index (χ0) is 10.2. The Kier molecular flexibility index (Phi) is 2.06. The molecule has 0 aliphatic heterocycles. The van der Waals surface area contributed by atoms with Crippen molar-refractivity contribution in [3.63, 3.8) is 0 Å². The summed E-state index contributed by atoms with van der Waals surface area (Å²) in [6.07, 6.45) is 4.97. The van der Waals surface area contributed by atoms with Crippen LogP contribution in [-0.2, 0) is 5.41 Å². The minimum atomic E-state index is 0.226. The van der Waals surface area contributed by atoms with Crippen molar-refractivity contribution in [1.29, 1.82) is 0 Å². The van der Waals surface area contributed by atoms with Crippen molar-refractivity contribution < 1.29 is 0 Å². The normalized spacial score (nSPS) is 12.2. The number of pyridine rings is 1. The van der Waals surface area contributed by atoms with E-state index in [1.54, 1.807) is 0 Å². The average molecular weight is 188 g/mol. The predicted molar refractivity (Wildman–Crippen MR) is 59.4 cm³/mol. The van der Waals surface area contributed by atoms with Crippen LogP contribution in [0.3, 0.4) is 0 Å². The summed E-state index contributed by atoms with van der Waals surface area (Å²) in [5.41, 5.74) is 2.60. The number of rotatable bonds is 2. The first-order valence-electron chi connectivity index (χ1n) is 5.08. The van der Waals surface area contributed by atoms with Crippen molar-refractivity contribution in [1.82, 2.24) is 9.97 Å². The van der Waals surface area contributed by atoms with E-state index in [0.29, 0.717) is 0 Å². The van der Waals surface area contributed by atoms with Gasteiger partial charge in [0, 0.05) is 17.8 Å². The fraction of sp³-hybridized carbons (Fsp3) is 0.417. The van der Waals surface area contributed by atoms with Crippen molar-refractivity contribution in [3.05, 3.63) is 30.1 Å². The molecule has 0 bridgehead atoms. The number of hydrogen-bond donors (Lipinski definition) is 1. The minimum absolute atomic E-state index is 0.226. The Morgan fingerprint density at radius 2 is 2.14 bits per heavy atom. The van der Waals surface area contributed by atoms with E-state index in [-0.39, 0.29) is 5.41 Å². The lowest BCUT2D eigenvalue weighted by atomic mass is 9.81. The van der Waals surface area contributed by atoms with Gasteiger partial charge in [0.05, 0.1) is 0 Å². The number of H-pyrrole nitrogens is 1. The lowest BCUT2D eigenvalue weighted by molar-refractivity contribution is 0.510. The molecule has 0 aliphatic carbocycles. The van der Waals surface area contributed by atoms with Crippen LogP contribution in [0.25, 0.3) is 11.0 Å². The van der Waals surface area contributed by atoms with Crippen LogP contribution in [0.1, 0.15) is 32.8 Å². The SMILES string of the molecule is CCC(C)(C)c1ccnc2[nH]ccc12. The molecule has 2 aromatic rings. The van der Waals surface area contributed by atoms with Gasteiger partial charge in [0.1, 0.15) is 5.65 Å². The van der Waals surface area contributed by atoms with Gasteiger partial charge in [-0.3, -0.25) is 0 Å². The van der Waals surface area contributed by atoms with Gasteiger partial charge in [-0.15, -0.1) is 0 Å². The molecule has 0 fully saturated rings. The smallest absolute Gasteiger partial charge is 0.137 e. The second kappa shape index (κ2) is 3.12. The van der Waals surface area contributed by atoms with E-state index >= 15 is 0 Å². The van der Waals surface area contributed by atoms with Crippen LogP contribution < -0.4 is 0 Å². The van der Waals surface area contributed by atoms with Crippen LogP contribution in [0.4, 0.5) is 0 Å². The molecule has 2 rings (SSSR count). The third kappa shape index (κ3) is 1.31. The van der Waals surface area contributed by atoms with E-state index in [4.69, 9.17) is 0 Å². The second-order valence-corrected chi connectivity index (χ2v) is 4.34. The van der Waals surface area contributed by atoms with E-state index in [1.807, 2.05) is 12.4 Å². The maximum atomic E-state index is 4.29. The van der Waals surface area contributed by atoms with Crippen molar-refractivity contribution in [3.8, 4) is 0 Å². The molecule has 0 radical (unpaired) electrons. The zero-order valence-electron chi connectivity index (χ0n) is 8.96. The number of fused-ring (bicyclic) bond motifs is 1. The quantitative estimate of drug-likeness (QED) is 0.770. The molecule has 0 spiro atoms. The number of aromatic nitrogens is 2. The Balaban J connectivity index is 2.67. The maximum Gasteiger partial charge on any atom is 0.137 e. The Morgan fingerprint density at radius 1 is 1.36 bits per heavy atom. The Labute approximate surface area is 84.4 Å². The van der Waals surface area contributed by atoms with Crippen LogP contribution in [0.15, 0.2) is 24.5 Å². The summed E-state index contributed by atoms with van der Waals surface area (Å²) < 4.78 is 0. The summed E-state index contributed by atoms with van der Waals surface area (Å²) in [6.45, 7) is 6.77. The second-order valence-electron chi connectivity index (χ2n) is 4.34. The average Bonchev–Trinajstić information content (AvgIpc) is 2.64. The lowest BCUT2D eigenvalue weighted by Crippen LogP contribution is -2.15. The third-order valence-electron chi connectivity index (χ3n) is 3.07. The van der Waals surface area contributed by atoms with E-state index in [1.165, 1.54) is 10.9 Å². The molecule has 0 saturated carbocycles. The third-order valence-corrected chi connectivity index (χ3v) is 3.07. The van der Waals surface area contributed by atoms with Gasteiger partial charge in [0.2, 0.25) is 0 Å². The first-order valence-corrected chi connectivity index (χ1v) is 5.08. The molecular formula is C12H16N2. The Morgan fingerprint density at radius 3 is 2.86 bits per heavy atom. The Hall–Kier alpha value is -1.31. The molecule has 2 heterocycles. The Bertz CT molecular complexity index is 440. The van der Waals surface area contributed by atoms with Crippen LogP contribution in [0.2, 0.25) is 0 Å². The van der Waals surface area contributed by atoms with Gasteiger partial charge in [-0.1, -0.05) is 20.8 Å².